The van der Waals surface area contributed by atoms with Gasteiger partial charge in [-0.2, -0.15) is 0 Å². The molecule has 1 unspecified atom stereocenters. The van der Waals surface area contributed by atoms with Gasteiger partial charge in [0, 0.05) is 5.39 Å². The monoisotopic (exact) mass is 612 g/mol. The number of ether oxygens (including phenoxy) is 3. The average Bonchev–Trinajstić information content (AvgIpc) is 3.70. The number of aliphatic hydroxyl groups is 1. The number of aryl methyl sites for hydroxylation is 2. The molecular formula is C34H32N2O7S. The molecule has 5 aromatic rings. The number of fused-ring (bicyclic) bond motifs is 2. The molecular weight excluding hydrogens is 580 g/mol. The zero-order valence-electron chi connectivity index (χ0n) is 25.1. The van der Waals surface area contributed by atoms with Crippen molar-refractivity contribution in [1.29, 1.82) is 0 Å². The lowest BCUT2D eigenvalue weighted by molar-refractivity contribution is -0.117. The van der Waals surface area contributed by atoms with Gasteiger partial charge in [-0.05, 0) is 74.2 Å². The normalized spacial score (nSPS) is 15.1. The van der Waals surface area contributed by atoms with E-state index < -0.39 is 23.5 Å². The van der Waals surface area contributed by atoms with Crippen LogP contribution < -0.4 is 19.1 Å². The summed E-state index contributed by atoms with van der Waals surface area (Å²) < 4.78 is 24.1. The first kappa shape index (κ1) is 29.3. The zero-order chi connectivity index (χ0) is 31.1. The Morgan fingerprint density at radius 2 is 1.86 bits per heavy atom. The van der Waals surface area contributed by atoms with E-state index >= 15 is 0 Å². The Kier molecular flexibility index (Phi) is 7.77. The number of ketones is 1. The van der Waals surface area contributed by atoms with Crippen LogP contribution in [0, 0.1) is 13.8 Å². The minimum atomic E-state index is -1.02. The molecule has 9 nitrogen and oxygen atoms in total. The number of hydrogen-bond donors (Lipinski definition) is 1. The van der Waals surface area contributed by atoms with Gasteiger partial charge in [0.15, 0.2) is 39.5 Å². The molecule has 2 aromatic heterocycles. The molecule has 1 amide bonds. The Bertz CT molecular complexity index is 1950. The van der Waals surface area contributed by atoms with Crippen molar-refractivity contribution < 1.29 is 33.3 Å². The number of hydrogen-bond acceptors (Lipinski definition) is 9. The molecule has 10 heteroatoms. The van der Waals surface area contributed by atoms with Crippen LogP contribution in [0.3, 0.4) is 0 Å². The summed E-state index contributed by atoms with van der Waals surface area (Å²) in [6.07, 6.45) is 0.812. The van der Waals surface area contributed by atoms with Crippen LogP contribution in [0.25, 0.3) is 21.2 Å². The predicted molar refractivity (Wildman–Crippen MR) is 169 cm³/mol. The molecule has 1 atom stereocenters. The van der Waals surface area contributed by atoms with E-state index in [0.29, 0.717) is 52.1 Å². The van der Waals surface area contributed by atoms with Crippen LogP contribution in [-0.4, -0.2) is 42.1 Å². The molecule has 44 heavy (non-hydrogen) atoms. The largest absolute Gasteiger partial charge is 0.503 e. The van der Waals surface area contributed by atoms with Crippen molar-refractivity contribution >= 4 is 49.3 Å². The van der Waals surface area contributed by atoms with Gasteiger partial charge in [0.25, 0.3) is 5.91 Å². The Balaban J connectivity index is 1.52. The lowest BCUT2D eigenvalue weighted by atomic mass is 9.95. The number of aromatic nitrogens is 1. The van der Waals surface area contributed by atoms with Gasteiger partial charge < -0.3 is 23.7 Å². The highest BCUT2D eigenvalue weighted by Gasteiger charge is 2.47. The SMILES string of the molecule is CCCOc1ccc(C2C(C(=O)c3cc4cccc(OC)c4o3)=C(O)C(=O)N2c2nc3c(C)cc(C)cc3s2)cc1OCC. The highest BCUT2D eigenvalue weighted by molar-refractivity contribution is 7.22. The molecule has 226 valence electrons. The summed E-state index contributed by atoms with van der Waals surface area (Å²) >= 11 is 1.32. The first-order valence-electron chi connectivity index (χ1n) is 14.4. The molecule has 0 aliphatic carbocycles. The molecule has 6 rings (SSSR count). The molecule has 0 fully saturated rings. The van der Waals surface area contributed by atoms with Gasteiger partial charge >= 0.3 is 0 Å². The van der Waals surface area contributed by atoms with Crippen molar-refractivity contribution in [3.63, 3.8) is 0 Å². The quantitative estimate of drug-likeness (QED) is 0.160. The van der Waals surface area contributed by atoms with Crippen LogP contribution >= 0.6 is 11.3 Å². The highest BCUT2D eigenvalue weighted by atomic mass is 32.1. The van der Waals surface area contributed by atoms with E-state index in [0.717, 1.165) is 27.8 Å². The van der Waals surface area contributed by atoms with Gasteiger partial charge in [-0.1, -0.05) is 42.5 Å². The Morgan fingerprint density at radius 3 is 2.61 bits per heavy atom. The number of rotatable bonds is 10. The topological polar surface area (TPSA) is 111 Å². The van der Waals surface area contributed by atoms with E-state index in [1.165, 1.54) is 23.3 Å². The summed E-state index contributed by atoms with van der Waals surface area (Å²) in [4.78, 5) is 34.3. The summed E-state index contributed by atoms with van der Waals surface area (Å²) in [6.45, 7) is 8.72. The second-order valence-corrected chi connectivity index (χ2v) is 11.6. The maximum absolute atomic E-state index is 14.2. The smallest absolute Gasteiger partial charge is 0.296 e. The zero-order valence-corrected chi connectivity index (χ0v) is 25.9. The van der Waals surface area contributed by atoms with Gasteiger partial charge in [-0.3, -0.25) is 14.5 Å². The fraction of sp³-hybridized carbons (Fsp3) is 0.265. The molecule has 3 aromatic carbocycles. The standard InChI is InChI=1S/C34H32N2O7S/c1-6-13-42-22-12-11-20(16-24(22)41-7-2)29-27(30(37)25-17-21-9-8-10-23(40-5)32(21)43-25)31(38)33(39)36(29)34-35-28-19(4)14-18(3)15-26(28)44-34/h8-12,14-17,29,38H,6-7,13H2,1-5H3. The van der Waals surface area contributed by atoms with Crippen molar-refractivity contribution in [1.82, 2.24) is 4.98 Å². The van der Waals surface area contributed by atoms with Gasteiger partial charge in [-0.25, -0.2) is 4.98 Å². The number of amides is 1. The second-order valence-electron chi connectivity index (χ2n) is 10.6. The number of benzene rings is 3. The number of Topliss-reactive ketones (excluding diaryl/α,β-unsaturated/α-hetero) is 1. The van der Waals surface area contributed by atoms with E-state index in [1.807, 2.05) is 39.8 Å². The number of carbonyl (C=O) groups is 2. The van der Waals surface area contributed by atoms with Crippen LogP contribution in [0.4, 0.5) is 5.13 Å². The van der Waals surface area contributed by atoms with Crippen LogP contribution in [-0.2, 0) is 4.79 Å². The molecule has 3 heterocycles. The minimum Gasteiger partial charge on any atom is -0.503 e. The second kappa shape index (κ2) is 11.7. The summed E-state index contributed by atoms with van der Waals surface area (Å²) in [6, 6.07) is 15.2. The Morgan fingerprint density at radius 1 is 1.05 bits per heavy atom. The number of carbonyl (C=O) groups excluding carboxylic acids is 2. The maximum Gasteiger partial charge on any atom is 0.296 e. The maximum atomic E-state index is 14.2. The molecule has 0 radical (unpaired) electrons. The lowest BCUT2D eigenvalue weighted by Crippen LogP contribution is -2.31. The highest BCUT2D eigenvalue weighted by Crippen LogP contribution is 2.46. The van der Waals surface area contributed by atoms with Crippen molar-refractivity contribution in [2.45, 2.75) is 40.2 Å². The van der Waals surface area contributed by atoms with Crippen molar-refractivity contribution in [3.05, 3.63) is 88.4 Å². The summed E-state index contributed by atoms with van der Waals surface area (Å²) in [5.74, 6) is -0.579. The van der Waals surface area contributed by atoms with Crippen molar-refractivity contribution in [3.8, 4) is 17.2 Å². The van der Waals surface area contributed by atoms with Crippen LogP contribution in [0.1, 0.15) is 53.6 Å². The van der Waals surface area contributed by atoms with E-state index in [4.69, 9.17) is 23.6 Å². The van der Waals surface area contributed by atoms with Crippen LogP contribution in [0.2, 0.25) is 0 Å². The first-order chi connectivity index (χ1) is 21.2. The van der Waals surface area contributed by atoms with Gasteiger partial charge in [0.2, 0.25) is 5.78 Å². The van der Waals surface area contributed by atoms with Crippen molar-refractivity contribution in [2.75, 3.05) is 25.2 Å². The molecule has 0 saturated carbocycles. The van der Waals surface area contributed by atoms with Crippen LogP contribution in [0.5, 0.6) is 17.2 Å². The summed E-state index contributed by atoms with van der Waals surface area (Å²) in [5.41, 5.74) is 3.60. The molecule has 0 spiro atoms. The van der Waals surface area contributed by atoms with E-state index in [1.54, 1.807) is 42.5 Å². The number of thiazole rings is 1. The summed E-state index contributed by atoms with van der Waals surface area (Å²) in [5, 5.41) is 12.4. The number of para-hydroxylation sites is 1. The molecule has 1 N–H and O–H groups in total. The average molecular weight is 613 g/mol. The number of furan rings is 1. The third kappa shape index (κ3) is 4.94. The van der Waals surface area contributed by atoms with Gasteiger partial charge in [0.05, 0.1) is 42.2 Å². The molecule has 1 aliphatic heterocycles. The lowest BCUT2D eigenvalue weighted by Gasteiger charge is -2.25. The van der Waals surface area contributed by atoms with Gasteiger partial charge in [0.1, 0.15) is 0 Å². The number of aliphatic hydroxyl groups excluding tert-OH is 1. The van der Waals surface area contributed by atoms with E-state index in [-0.39, 0.29) is 11.3 Å². The number of nitrogens with zero attached hydrogens (tertiary/aromatic N) is 2. The van der Waals surface area contributed by atoms with E-state index in [9.17, 15) is 14.7 Å². The molecule has 0 saturated heterocycles. The molecule has 1 aliphatic rings. The first-order valence-corrected chi connectivity index (χ1v) is 15.2. The third-order valence-electron chi connectivity index (χ3n) is 7.47. The Hall–Kier alpha value is -4.83. The third-order valence-corrected chi connectivity index (χ3v) is 8.48. The summed E-state index contributed by atoms with van der Waals surface area (Å²) in [7, 11) is 1.52. The number of anilines is 1. The van der Waals surface area contributed by atoms with Gasteiger partial charge in [-0.15, -0.1) is 0 Å². The fourth-order valence-corrected chi connectivity index (χ4v) is 6.72. The van der Waals surface area contributed by atoms with Crippen LogP contribution in [0.15, 0.2) is 70.3 Å². The fourth-order valence-electron chi connectivity index (χ4n) is 5.55. The Labute approximate surface area is 258 Å². The van der Waals surface area contributed by atoms with Crippen molar-refractivity contribution in [2.24, 2.45) is 0 Å². The number of methoxy groups -OCH3 is 1. The van der Waals surface area contributed by atoms with E-state index in [2.05, 4.69) is 0 Å². The molecule has 0 bridgehead atoms. The minimum absolute atomic E-state index is 0.0330. The predicted octanol–water partition coefficient (Wildman–Crippen LogP) is 7.64.